The first-order valence-electron chi connectivity index (χ1n) is 11.7. The molecule has 5 nitrogen and oxygen atoms in total. The van der Waals surface area contributed by atoms with Crippen molar-refractivity contribution < 1.29 is 25.2 Å². The third-order valence-electron chi connectivity index (χ3n) is 6.47. The highest BCUT2D eigenvalue weighted by molar-refractivity contribution is 5.47. The lowest BCUT2D eigenvalue weighted by Crippen LogP contribution is -2.37. The van der Waals surface area contributed by atoms with Gasteiger partial charge in [0.1, 0.15) is 29.3 Å². The van der Waals surface area contributed by atoms with Crippen molar-refractivity contribution in [1.82, 2.24) is 0 Å². The Hall–Kier alpha value is -1.82. The van der Waals surface area contributed by atoms with Crippen LogP contribution in [0.15, 0.2) is 35.4 Å². The highest BCUT2D eigenvalue weighted by Gasteiger charge is 2.33. The monoisotopic (exact) mass is 446 g/mol. The third kappa shape index (κ3) is 7.65. The number of phenols is 1. The first-order chi connectivity index (χ1) is 14.8. The summed E-state index contributed by atoms with van der Waals surface area (Å²) in [7, 11) is 0. The van der Waals surface area contributed by atoms with E-state index in [1.807, 2.05) is 40.7 Å². The Morgan fingerprint density at radius 1 is 1.22 bits per heavy atom. The first kappa shape index (κ1) is 26.4. The Kier molecular flexibility index (Phi) is 8.98. The molecule has 0 aromatic heterocycles. The lowest BCUT2D eigenvalue weighted by Gasteiger charge is -2.37. The second-order valence-corrected chi connectivity index (χ2v) is 10.3. The predicted octanol–water partition coefficient (Wildman–Crippen LogP) is 5.12. The van der Waals surface area contributed by atoms with E-state index in [1.54, 1.807) is 18.2 Å². The van der Waals surface area contributed by atoms with E-state index >= 15 is 0 Å². The van der Waals surface area contributed by atoms with E-state index in [2.05, 4.69) is 6.92 Å². The summed E-state index contributed by atoms with van der Waals surface area (Å²) in [4.78, 5) is 0. The fourth-order valence-corrected chi connectivity index (χ4v) is 4.43. The number of aryl methyl sites for hydroxylation is 2. The van der Waals surface area contributed by atoms with Gasteiger partial charge >= 0.3 is 0 Å². The molecule has 1 aliphatic heterocycles. The van der Waals surface area contributed by atoms with Gasteiger partial charge in [0, 0.05) is 0 Å². The number of benzene rings is 1. The van der Waals surface area contributed by atoms with Crippen molar-refractivity contribution in [2.45, 2.75) is 110 Å². The largest absolute Gasteiger partial charge is 0.508 e. The van der Waals surface area contributed by atoms with E-state index in [1.165, 1.54) is 0 Å². The van der Waals surface area contributed by atoms with Gasteiger partial charge in [0.15, 0.2) is 0 Å². The van der Waals surface area contributed by atoms with E-state index in [0.29, 0.717) is 24.8 Å². The molecule has 0 amide bonds. The van der Waals surface area contributed by atoms with Gasteiger partial charge in [0.05, 0.1) is 5.60 Å². The molecule has 0 aliphatic carbocycles. The number of rotatable bonds is 10. The minimum absolute atomic E-state index is 0.271. The zero-order valence-electron chi connectivity index (χ0n) is 20.6. The topological polar surface area (TPSA) is 90.2 Å². The molecule has 180 valence electrons. The van der Waals surface area contributed by atoms with Crippen molar-refractivity contribution >= 4 is 0 Å². The van der Waals surface area contributed by atoms with E-state index < -0.39 is 17.8 Å². The van der Waals surface area contributed by atoms with Gasteiger partial charge in [0.25, 0.3) is 0 Å². The molecule has 5 heteroatoms. The number of aliphatic hydroxyl groups is 3. The molecule has 0 spiro atoms. The van der Waals surface area contributed by atoms with Crippen LogP contribution >= 0.6 is 0 Å². The second-order valence-electron chi connectivity index (χ2n) is 10.3. The molecule has 1 aromatic carbocycles. The van der Waals surface area contributed by atoms with E-state index in [9.17, 15) is 20.4 Å². The lowest BCUT2D eigenvalue weighted by atomic mass is 9.85. The molecule has 0 fully saturated rings. The number of fused-ring (bicyclic) bond motifs is 1. The molecule has 2 rings (SSSR count). The zero-order chi connectivity index (χ0) is 24.1. The maximum atomic E-state index is 10.8. The number of phenolic OH excluding ortho intramolecular Hbond substituents is 1. The quantitative estimate of drug-likeness (QED) is 0.375. The molecule has 0 radical (unpaired) electrons. The van der Waals surface area contributed by atoms with Crippen molar-refractivity contribution in [2.24, 2.45) is 0 Å². The molecule has 1 aliphatic rings. The van der Waals surface area contributed by atoms with Gasteiger partial charge in [-0.15, -0.1) is 0 Å². The fraction of sp³-hybridized carbons (Fsp3) is 0.630. The van der Waals surface area contributed by atoms with Gasteiger partial charge in [-0.25, -0.2) is 0 Å². The van der Waals surface area contributed by atoms with Gasteiger partial charge in [-0.05, 0) is 115 Å². The number of allylic oxidation sites excluding steroid dienone is 2. The molecular weight excluding hydrogens is 404 g/mol. The van der Waals surface area contributed by atoms with Gasteiger partial charge < -0.3 is 25.2 Å². The maximum Gasteiger partial charge on any atom is 0.126 e. The van der Waals surface area contributed by atoms with Crippen LogP contribution in [0.25, 0.3) is 0 Å². The average molecular weight is 447 g/mol. The molecule has 4 atom stereocenters. The summed E-state index contributed by atoms with van der Waals surface area (Å²) in [5, 5.41) is 40.9. The number of aliphatic hydroxyl groups excluding tert-OH is 2. The van der Waals surface area contributed by atoms with E-state index in [-0.39, 0.29) is 11.4 Å². The summed E-state index contributed by atoms with van der Waals surface area (Å²) in [5.74, 6) is 1.17. The maximum absolute atomic E-state index is 10.8. The standard InChI is InChI=1S/C27H42O5/c1-18(2)15-23(29)24(30)19(3)9-7-11-26(5,31)12-8-13-27(6)14-10-21-17-22(28)16-20(4)25(21)32-27/h9,15-17,23-24,28-31H,7-8,10-14H2,1-6H3/b19-9+/t23-,24+,26?,27+/m1/s1. The highest BCUT2D eigenvalue weighted by Crippen LogP contribution is 2.40. The smallest absolute Gasteiger partial charge is 0.126 e. The fourth-order valence-electron chi connectivity index (χ4n) is 4.43. The molecule has 0 saturated heterocycles. The molecule has 1 unspecified atom stereocenters. The number of aromatic hydroxyl groups is 1. The summed E-state index contributed by atoms with van der Waals surface area (Å²) in [6.45, 7) is 11.5. The van der Waals surface area contributed by atoms with Crippen LogP contribution in [0, 0.1) is 6.92 Å². The Morgan fingerprint density at radius 3 is 2.56 bits per heavy atom. The molecule has 4 N–H and O–H groups in total. The van der Waals surface area contributed by atoms with Gasteiger partial charge in [-0.1, -0.05) is 17.7 Å². The second kappa shape index (κ2) is 10.9. The van der Waals surface area contributed by atoms with Crippen molar-refractivity contribution in [1.29, 1.82) is 0 Å². The van der Waals surface area contributed by atoms with Crippen LogP contribution < -0.4 is 4.74 Å². The van der Waals surface area contributed by atoms with Gasteiger partial charge in [-0.2, -0.15) is 0 Å². The van der Waals surface area contributed by atoms with Gasteiger partial charge in [0.2, 0.25) is 0 Å². The number of hydrogen-bond acceptors (Lipinski definition) is 5. The number of ether oxygens (including phenoxy) is 1. The molecule has 32 heavy (non-hydrogen) atoms. The van der Waals surface area contributed by atoms with Crippen molar-refractivity contribution in [3.8, 4) is 11.5 Å². The van der Waals surface area contributed by atoms with Crippen LogP contribution in [0.4, 0.5) is 0 Å². The Morgan fingerprint density at radius 2 is 1.91 bits per heavy atom. The molecule has 0 bridgehead atoms. The van der Waals surface area contributed by atoms with E-state index in [4.69, 9.17) is 4.74 Å². The van der Waals surface area contributed by atoms with Crippen LogP contribution in [0.2, 0.25) is 0 Å². The van der Waals surface area contributed by atoms with Crippen molar-refractivity contribution in [3.63, 3.8) is 0 Å². The summed E-state index contributed by atoms with van der Waals surface area (Å²) >= 11 is 0. The third-order valence-corrected chi connectivity index (χ3v) is 6.47. The molecule has 1 heterocycles. The molecule has 1 aromatic rings. The molecule has 0 saturated carbocycles. The van der Waals surface area contributed by atoms with Crippen LogP contribution in [-0.4, -0.2) is 43.8 Å². The summed E-state index contributed by atoms with van der Waals surface area (Å²) < 4.78 is 6.35. The van der Waals surface area contributed by atoms with Gasteiger partial charge in [-0.3, -0.25) is 0 Å². The predicted molar refractivity (Wildman–Crippen MR) is 129 cm³/mol. The molecular formula is C27H42O5. The van der Waals surface area contributed by atoms with Crippen molar-refractivity contribution in [3.05, 3.63) is 46.6 Å². The average Bonchev–Trinajstić information content (AvgIpc) is 2.67. The van der Waals surface area contributed by atoms with Crippen LogP contribution in [0.3, 0.4) is 0 Å². The summed E-state index contributed by atoms with van der Waals surface area (Å²) in [6, 6.07) is 3.53. The normalized spacial score (nSPS) is 22.3. The summed E-state index contributed by atoms with van der Waals surface area (Å²) in [6.07, 6.45) is 7.08. The van der Waals surface area contributed by atoms with E-state index in [0.717, 1.165) is 48.1 Å². The first-order valence-corrected chi connectivity index (χ1v) is 11.7. The van der Waals surface area contributed by atoms with Crippen molar-refractivity contribution in [2.75, 3.05) is 0 Å². The van der Waals surface area contributed by atoms with Crippen LogP contribution in [0.5, 0.6) is 11.5 Å². The summed E-state index contributed by atoms with van der Waals surface area (Å²) in [5.41, 5.74) is 2.62. The Bertz CT molecular complexity index is 835. The van der Waals surface area contributed by atoms with Crippen LogP contribution in [0.1, 0.15) is 84.3 Å². The SMILES string of the molecule is CC(C)=C[C@@H](O)[C@@H](O)/C(C)=C/CCC(C)(O)CCC[C@@]1(C)CCc2cc(O)cc(C)c2O1. The number of hydrogen-bond donors (Lipinski definition) is 4. The highest BCUT2D eigenvalue weighted by atomic mass is 16.5. The minimum atomic E-state index is -0.925. The lowest BCUT2D eigenvalue weighted by molar-refractivity contribution is 0.0198. The Labute approximate surface area is 193 Å². The zero-order valence-corrected chi connectivity index (χ0v) is 20.6. The van der Waals surface area contributed by atoms with Crippen LogP contribution in [-0.2, 0) is 6.42 Å². The Balaban J connectivity index is 1.84. The minimum Gasteiger partial charge on any atom is -0.508 e.